The summed E-state index contributed by atoms with van der Waals surface area (Å²) < 4.78 is 5.73. The lowest BCUT2D eigenvalue weighted by atomic mass is 9.88. The second-order valence-corrected chi connectivity index (χ2v) is 5.50. The van der Waals surface area contributed by atoms with Gasteiger partial charge in [0.25, 0.3) is 0 Å². The van der Waals surface area contributed by atoms with E-state index < -0.39 is 0 Å². The Morgan fingerprint density at radius 1 is 1.45 bits per heavy atom. The van der Waals surface area contributed by atoms with Crippen LogP contribution in [0.15, 0.2) is 34.7 Å². The molecule has 1 atom stereocenters. The molecular weight excluding hydrogens is 252 g/mol. The number of fused-ring (bicyclic) bond motifs is 1. The molecule has 0 spiro atoms. The van der Waals surface area contributed by atoms with Gasteiger partial charge in [-0.3, -0.25) is 4.79 Å². The van der Waals surface area contributed by atoms with Gasteiger partial charge in [0.15, 0.2) is 0 Å². The first-order chi connectivity index (χ1) is 9.74. The highest BCUT2D eigenvalue weighted by atomic mass is 16.3. The number of nitrogens with one attached hydrogen (secondary N) is 2. The molecule has 1 saturated heterocycles. The molecule has 1 aromatic heterocycles. The molecule has 0 saturated carbocycles. The SMILES string of the molecule is CC(C(=O)NCCc1cc2ccccc2o1)C1CNC1. The van der Waals surface area contributed by atoms with Gasteiger partial charge in [0.05, 0.1) is 0 Å². The predicted octanol–water partition coefficient (Wildman–Crippen LogP) is 1.95. The van der Waals surface area contributed by atoms with Crippen LogP contribution >= 0.6 is 0 Å². The van der Waals surface area contributed by atoms with Crippen molar-refractivity contribution in [2.24, 2.45) is 11.8 Å². The molecule has 2 N–H and O–H groups in total. The van der Waals surface area contributed by atoms with Crippen molar-refractivity contribution >= 4 is 16.9 Å². The third-order valence-electron chi connectivity index (χ3n) is 4.08. The van der Waals surface area contributed by atoms with Gasteiger partial charge in [-0.25, -0.2) is 0 Å². The van der Waals surface area contributed by atoms with Crippen LogP contribution in [0.2, 0.25) is 0 Å². The van der Waals surface area contributed by atoms with Crippen molar-refractivity contribution in [1.29, 1.82) is 0 Å². The van der Waals surface area contributed by atoms with Crippen LogP contribution in [-0.4, -0.2) is 25.5 Å². The number of carbonyl (C=O) groups excluding carboxylic acids is 1. The first kappa shape index (κ1) is 13.2. The van der Waals surface area contributed by atoms with Crippen LogP contribution in [0.1, 0.15) is 12.7 Å². The summed E-state index contributed by atoms with van der Waals surface area (Å²) >= 11 is 0. The first-order valence-corrected chi connectivity index (χ1v) is 7.20. The minimum atomic E-state index is 0.0897. The number of furan rings is 1. The molecule has 3 rings (SSSR count). The Morgan fingerprint density at radius 3 is 2.95 bits per heavy atom. The highest BCUT2D eigenvalue weighted by Gasteiger charge is 2.28. The Kier molecular flexibility index (Phi) is 3.74. The van der Waals surface area contributed by atoms with E-state index in [4.69, 9.17) is 4.42 Å². The van der Waals surface area contributed by atoms with Gasteiger partial charge < -0.3 is 15.1 Å². The molecule has 20 heavy (non-hydrogen) atoms. The molecule has 106 valence electrons. The van der Waals surface area contributed by atoms with E-state index >= 15 is 0 Å². The lowest BCUT2D eigenvalue weighted by molar-refractivity contribution is -0.126. The van der Waals surface area contributed by atoms with E-state index in [1.54, 1.807) is 0 Å². The van der Waals surface area contributed by atoms with Crippen LogP contribution < -0.4 is 10.6 Å². The molecule has 2 heterocycles. The fourth-order valence-corrected chi connectivity index (χ4v) is 2.51. The van der Waals surface area contributed by atoms with E-state index in [-0.39, 0.29) is 11.8 Å². The van der Waals surface area contributed by atoms with E-state index in [2.05, 4.69) is 10.6 Å². The Hall–Kier alpha value is -1.81. The molecule has 1 amide bonds. The Morgan fingerprint density at radius 2 is 2.25 bits per heavy atom. The molecule has 1 aromatic carbocycles. The zero-order valence-corrected chi connectivity index (χ0v) is 11.7. The standard InChI is InChI=1S/C16H20N2O2/c1-11(13-9-17-10-13)16(19)18-7-6-14-8-12-4-2-3-5-15(12)20-14/h2-5,8,11,13,17H,6-7,9-10H2,1H3,(H,18,19). The minimum Gasteiger partial charge on any atom is -0.461 e. The number of para-hydroxylation sites is 1. The molecule has 1 unspecified atom stereocenters. The highest BCUT2D eigenvalue weighted by molar-refractivity contribution is 5.79. The van der Waals surface area contributed by atoms with Crippen LogP contribution in [-0.2, 0) is 11.2 Å². The molecule has 0 radical (unpaired) electrons. The summed E-state index contributed by atoms with van der Waals surface area (Å²) in [5.74, 6) is 1.64. The minimum absolute atomic E-state index is 0.0897. The van der Waals surface area contributed by atoms with E-state index in [1.807, 2.05) is 37.3 Å². The first-order valence-electron chi connectivity index (χ1n) is 7.20. The van der Waals surface area contributed by atoms with Gasteiger partial charge >= 0.3 is 0 Å². The van der Waals surface area contributed by atoms with Gasteiger partial charge in [-0.15, -0.1) is 0 Å². The number of hydrogen-bond donors (Lipinski definition) is 2. The average Bonchev–Trinajstić information content (AvgIpc) is 2.79. The summed E-state index contributed by atoms with van der Waals surface area (Å²) in [4.78, 5) is 12.0. The summed E-state index contributed by atoms with van der Waals surface area (Å²) in [7, 11) is 0. The van der Waals surface area contributed by atoms with Crippen molar-refractivity contribution in [1.82, 2.24) is 10.6 Å². The van der Waals surface area contributed by atoms with Crippen molar-refractivity contribution in [2.45, 2.75) is 13.3 Å². The maximum absolute atomic E-state index is 12.0. The van der Waals surface area contributed by atoms with Gasteiger partial charge in [0.2, 0.25) is 5.91 Å². The smallest absolute Gasteiger partial charge is 0.223 e. The van der Waals surface area contributed by atoms with Gasteiger partial charge in [-0.2, -0.15) is 0 Å². The number of benzene rings is 1. The van der Waals surface area contributed by atoms with Gasteiger partial charge in [0.1, 0.15) is 11.3 Å². The van der Waals surface area contributed by atoms with Gasteiger partial charge in [-0.1, -0.05) is 25.1 Å². The van der Waals surface area contributed by atoms with Crippen molar-refractivity contribution < 1.29 is 9.21 Å². The van der Waals surface area contributed by atoms with Crippen molar-refractivity contribution in [3.63, 3.8) is 0 Å². The van der Waals surface area contributed by atoms with Crippen molar-refractivity contribution in [2.75, 3.05) is 19.6 Å². The third-order valence-corrected chi connectivity index (χ3v) is 4.08. The normalized spacial score (nSPS) is 16.9. The fraction of sp³-hybridized carbons (Fsp3) is 0.438. The zero-order chi connectivity index (χ0) is 13.9. The van der Waals surface area contributed by atoms with E-state index in [0.29, 0.717) is 12.5 Å². The Balaban J connectivity index is 1.50. The maximum atomic E-state index is 12.0. The molecular formula is C16H20N2O2. The topological polar surface area (TPSA) is 54.3 Å². The number of carbonyl (C=O) groups is 1. The lowest BCUT2D eigenvalue weighted by Crippen LogP contribution is -2.49. The molecule has 1 aliphatic heterocycles. The molecule has 0 aliphatic carbocycles. The summed E-state index contributed by atoms with van der Waals surface area (Å²) in [5.41, 5.74) is 0.905. The fourth-order valence-electron chi connectivity index (χ4n) is 2.51. The summed E-state index contributed by atoms with van der Waals surface area (Å²) in [6, 6.07) is 10.00. The number of rotatable bonds is 5. The van der Waals surface area contributed by atoms with E-state index in [9.17, 15) is 4.79 Å². The van der Waals surface area contributed by atoms with Crippen molar-refractivity contribution in [3.8, 4) is 0 Å². The quantitative estimate of drug-likeness (QED) is 0.874. The molecule has 4 heteroatoms. The average molecular weight is 272 g/mol. The zero-order valence-electron chi connectivity index (χ0n) is 11.7. The maximum Gasteiger partial charge on any atom is 0.223 e. The van der Waals surface area contributed by atoms with Crippen LogP contribution in [0.5, 0.6) is 0 Å². The molecule has 0 bridgehead atoms. The summed E-state index contributed by atoms with van der Waals surface area (Å²) in [6.45, 7) is 4.54. The molecule has 4 nitrogen and oxygen atoms in total. The molecule has 1 aliphatic rings. The van der Waals surface area contributed by atoms with Crippen LogP contribution in [0.4, 0.5) is 0 Å². The second kappa shape index (κ2) is 5.67. The summed E-state index contributed by atoms with van der Waals surface area (Å²) in [6.07, 6.45) is 0.732. The van der Waals surface area contributed by atoms with E-state index in [1.165, 1.54) is 0 Å². The van der Waals surface area contributed by atoms with Gasteiger partial charge in [0, 0.05) is 24.3 Å². The van der Waals surface area contributed by atoms with Crippen LogP contribution in [0.3, 0.4) is 0 Å². The van der Waals surface area contributed by atoms with Crippen LogP contribution in [0, 0.1) is 11.8 Å². The summed E-state index contributed by atoms with van der Waals surface area (Å²) in [5, 5.41) is 7.31. The second-order valence-electron chi connectivity index (χ2n) is 5.50. The Bertz CT molecular complexity index is 568. The molecule has 2 aromatic rings. The van der Waals surface area contributed by atoms with Gasteiger partial charge in [-0.05, 0) is 31.1 Å². The highest BCUT2D eigenvalue weighted by Crippen LogP contribution is 2.19. The predicted molar refractivity (Wildman–Crippen MR) is 78.5 cm³/mol. The largest absolute Gasteiger partial charge is 0.461 e. The third kappa shape index (κ3) is 2.70. The lowest BCUT2D eigenvalue weighted by Gasteiger charge is -2.31. The van der Waals surface area contributed by atoms with Crippen molar-refractivity contribution in [3.05, 3.63) is 36.1 Å². The Labute approximate surface area is 118 Å². The molecule has 1 fully saturated rings. The van der Waals surface area contributed by atoms with E-state index in [0.717, 1.165) is 36.2 Å². The number of amides is 1. The van der Waals surface area contributed by atoms with Crippen LogP contribution in [0.25, 0.3) is 11.0 Å². The number of hydrogen-bond acceptors (Lipinski definition) is 3. The monoisotopic (exact) mass is 272 g/mol.